The summed E-state index contributed by atoms with van der Waals surface area (Å²) in [6, 6.07) is 4.38. The summed E-state index contributed by atoms with van der Waals surface area (Å²) in [6.45, 7) is 4.94. The monoisotopic (exact) mass is 299 g/mol. The van der Waals surface area contributed by atoms with Gasteiger partial charge in [0.15, 0.2) is 11.6 Å². The van der Waals surface area contributed by atoms with Gasteiger partial charge in [0.05, 0.1) is 13.2 Å². The minimum Gasteiger partial charge on any atom is -0.379 e. The molecule has 0 amide bonds. The van der Waals surface area contributed by atoms with Crippen LogP contribution in [0.1, 0.15) is 12.5 Å². The average Bonchev–Trinajstić information content (AvgIpc) is 2.27. The van der Waals surface area contributed by atoms with Crippen LogP contribution >= 0.6 is 24.8 Å². The summed E-state index contributed by atoms with van der Waals surface area (Å²) < 4.78 is 31.1. The van der Waals surface area contributed by atoms with Crippen molar-refractivity contribution in [1.29, 1.82) is 0 Å². The van der Waals surface area contributed by atoms with Crippen molar-refractivity contribution >= 4 is 24.8 Å². The number of nitrogens with zero attached hydrogens (tertiary/aromatic N) is 1. The standard InChI is InChI=1S/C12H15F2NO.2ClH/c1-9-8-16-5-4-15(9)7-10-2-3-11(13)12(14)6-10;;/h2-3,6,9H,4-5,7-8H2,1H3;2*1H. The maximum absolute atomic E-state index is 13.0. The van der Waals surface area contributed by atoms with E-state index in [4.69, 9.17) is 4.74 Å². The van der Waals surface area contributed by atoms with Crippen LogP contribution in [-0.4, -0.2) is 30.7 Å². The third kappa shape index (κ3) is 4.35. The van der Waals surface area contributed by atoms with Crippen molar-refractivity contribution in [3.8, 4) is 0 Å². The molecule has 0 spiro atoms. The lowest BCUT2D eigenvalue weighted by Crippen LogP contribution is -2.42. The van der Waals surface area contributed by atoms with Gasteiger partial charge in [-0.2, -0.15) is 0 Å². The quantitative estimate of drug-likeness (QED) is 0.832. The largest absolute Gasteiger partial charge is 0.379 e. The molecule has 0 bridgehead atoms. The Morgan fingerprint density at radius 3 is 2.61 bits per heavy atom. The van der Waals surface area contributed by atoms with E-state index in [1.165, 1.54) is 12.1 Å². The van der Waals surface area contributed by atoms with Crippen LogP contribution in [0.4, 0.5) is 8.78 Å². The van der Waals surface area contributed by atoms with Crippen molar-refractivity contribution in [2.45, 2.75) is 19.5 Å². The number of hydrogen-bond acceptors (Lipinski definition) is 2. The number of halogens is 4. The maximum atomic E-state index is 13.0. The molecule has 1 aliphatic rings. The first kappa shape index (κ1) is 17.6. The highest BCUT2D eigenvalue weighted by Crippen LogP contribution is 2.14. The fourth-order valence-corrected chi connectivity index (χ4v) is 1.87. The molecule has 1 aromatic carbocycles. The van der Waals surface area contributed by atoms with Crippen LogP contribution in [-0.2, 0) is 11.3 Å². The van der Waals surface area contributed by atoms with Gasteiger partial charge in [-0.25, -0.2) is 8.78 Å². The molecule has 0 N–H and O–H groups in total. The van der Waals surface area contributed by atoms with E-state index in [1.54, 1.807) is 6.07 Å². The zero-order chi connectivity index (χ0) is 11.5. The summed E-state index contributed by atoms with van der Waals surface area (Å²) in [5, 5.41) is 0. The third-order valence-corrected chi connectivity index (χ3v) is 2.87. The molecule has 6 heteroatoms. The van der Waals surface area contributed by atoms with E-state index in [0.717, 1.165) is 12.1 Å². The molecule has 1 fully saturated rings. The van der Waals surface area contributed by atoms with Crippen molar-refractivity contribution in [1.82, 2.24) is 4.90 Å². The van der Waals surface area contributed by atoms with Gasteiger partial charge in [-0.15, -0.1) is 24.8 Å². The second kappa shape index (κ2) is 7.89. The van der Waals surface area contributed by atoms with Crippen LogP contribution < -0.4 is 0 Å². The molecule has 104 valence electrons. The molecule has 1 aliphatic heterocycles. The van der Waals surface area contributed by atoms with Gasteiger partial charge < -0.3 is 4.74 Å². The van der Waals surface area contributed by atoms with Crippen LogP contribution in [0.2, 0.25) is 0 Å². The van der Waals surface area contributed by atoms with E-state index in [-0.39, 0.29) is 24.8 Å². The summed E-state index contributed by atoms with van der Waals surface area (Å²) in [7, 11) is 0. The summed E-state index contributed by atoms with van der Waals surface area (Å²) in [5.41, 5.74) is 0.799. The van der Waals surface area contributed by atoms with Gasteiger partial charge in [-0.05, 0) is 24.6 Å². The van der Waals surface area contributed by atoms with Crippen molar-refractivity contribution in [2.75, 3.05) is 19.8 Å². The molecular weight excluding hydrogens is 283 g/mol. The molecule has 2 rings (SSSR count). The van der Waals surface area contributed by atoms with Gasteiger partial charge in [-0.1, -0.05) is 6.07 Å². The molecular formula is C12H17Cl2F2NO. The number of benzene rings is 1. The van der Waals surface area contributed by atoms with E-state index >= 15 is 0 Å². The van der Waals surface area contributed by atoms with E-state index < -0.39 is 11.6 Å². The SMILES string of the molecule is CC1COCCN1Cc1ccc(F)c(F)c1.Cl.Cl. The Balaban J connectivity index is 0.00000144. The summed E-state index contributed by atoms with van der Waals surface area (Å²) in [5.74, 6) is -1.57. The molecule has 18 heavy (non-hydrogen) atoms. The summed E-state index contributed by atoms with van der Waals surface area (Å²) in [6.07, 6.45) is 0. The highest BCUT2D eigenvalue weighted by atomic mass is 35.5. The normalized spacial score (nSPS) is 19.8. The van der Waals surface area contributed by atoms with E-state index in [0.29, 0.717) is 25.8 Å². The molecule has 1 atom stereocenters. The highest BCUT2D eigenvalue weighted by molar-refractivity contribution is 5.85. The predicted molar refractivity (Wildman–Crippen MR) is 71.5 cm³/mol. The Morgan fingerprint density at radius 1 is 1.28 bits per heavy atom. The predicted octanol–water partition coefficient (Wildman–Crippen LogP) is 3.03. The molecule has 1 heterocycles. The fraction of sp³-hybridized carbons (Fsp3) is 0.500. The highest BCUT2D eigenvalue weighted by Gasteiger charge is 2.18. The maximum Gasteiger partial charge on any atom is 0.159 e. The number of ether oxygens (including phenoxy) is 1. The Labute approximate surface area is 118 Å². The average molecular weight is 300 g/mol. The number of rotatable bonds is 2. The number of morpholine rings is 1. The smallest absolute Gasteiger partial charge is 0.159 e. The molecule has 1 aromatic rings. The Kier molecular flexibility index (Phi) is 7.71. The molecule has 1 saturated heterocycles. The fourth-order valence-electron chi connectivity index (χ4n) is 1.87. The Hall–Kier alpha value is -0.420. The molecule has 1 unspecified atom stereocenters. The molecule has 0 aliphatic carbocycles. The van der Waals surface area contributed by atoms with E-state index in [2.05, 4.69) is 11.8 Å². The molecule has 2 nitrogen and oxygen atoms in total. The first-order valence-corrected chi connectivity index (χ1v) is 5.42. The lowest BCUT2D eigenvalue weighted by Gasteiger charge is -2.33. The second-order valence-electron chi connectivity index (χ2n) is 4.14. The summed E-state index contributed by atoms with van der Waals surface area (Å²) >= 11 is 0. The van der Waals surface area contributed by atoms with Gasteiger partial charge in [0, 0.05) is 19.1 Å². The van der Waals surface area contributed by atoms with Gasteiger partial charge in [0.2, 0.25) is 0 Å². The van der Waals surface area contributed by atoms with Crippen molar-refractivity contribution < 1.29 is 13.5 Å². The Morgan fingerprint density at radius 2 is 2.00 bits per heavy atom. The molecule has 0 radical (unpaired) electrons. The molecule has 0 saturated carbocycles. The van der Waals surface area contributed by atoms with Crippen LogP contribution in [0.5, 0.6) is 0 Å². The van der Waals surface area contributed by atoms with Crippen LogP contribution in [0.25, 0.3) is 0 Å². The third-order valence-electron chi connectivity index (χ3n) is 2.87. The van der Waals surface area contributed by atoms with Crippen LogP contribution in [0, 0.1) is 11.6 Å². The summed E-state index contributed by atoms with van der Waals surface area (Å²) in [4.78, 5) is 2.20. The van der Waals surface area contributed by atoms with Crippen LogP contribution in [0.15, 0.2) is 18.2 Å². The topological polar surface area (TPSA) is 12.5 Å². The minimum atomic E-state index is -0.793. The van der Waals surface area contributed by atoms with E-state index in [1.807, 2.05) is 0 Å². The lowest BCUT2D eigenvalue weighted by atomic mass is 10.1. The number of hydrogen-bond donors (Lipinski definition) is 0. The molecule has 0 aromatic heterocycles. The van der Waals surface area contributed by atoms with Gasteiger partial charge >= 0.3 is 0 Å². The van der Waals surface area contributed by atoms with Crippen molar-refractivity contribution in [3.63, 3.8) is 0 Å². The van der Waals surface area contributed by atoms with Gasteiger partial charge in [-0.3, -0.25) is 4.90 Å². The van der Waals surface area contributed by atoms with Gasteiger partial charge in [0.1, 0.15) is 0 Å². The zero-order valence-corrected chi connectivity index (χ0v) is 11.7. The van der Waals surface area contributed by atoms with Crippen LogP contribution in [0.3, 0.4) is 0 Å². The van der Waals surface area contributed by atoms with Crippen molar-refractivity contribution in [2.24, 2.45) is 0 Å². The van der Waals surface area contributed by atoms with Gasteiger partial charge in [0.25, 0.3) is 0 Å². The van der Waals surface area contributed by atoms with Crippen molar-refractivity contribution in [3.05, 3.63) is 35.4 Å². The first-order valence-electron chi connectivity index (χ1n) is 5.42. The first-order chi connectivity index (χ1) is 7.66. The Bertz CT molecular complexity index is 379. The minimum absolute atomic E-state index is 0. The zero-order valence-electron chi connectivity index (χ0n) is 10.1. The lowest BCUT2D eigenvalue weighted by molar-refractivity contribution is -0.00441. The van der Waals surface area contributed by atoms with E-state index in [9.17, 15) is 8.78 Å². The second-order valence-corrected chi connectivity index (χ2v) is 4.14.